The third-order valence-electron chi connectivity index (χ3n) is 2.54. The molecule has 3 aromatic rings. The number of hydrogen-bond donors (Lipinski definition) is 1. The highest BCUT2D eigenvalue weighted by Gasteiger charge is 2.08. The van der Waals surface area contributed by atoms with Gasteiger partial charge in [-0.05, 0) is 22.0 Å². The summed E-state index contributed by atoms with van der Waals surface area (Å²) >= 11 is 4.85. The van der Waals surface area contributed by atoms with Gasteiger partial charge >= 0.3 is 0 Å². The quantitative estimate of drug-likeness (QED) is 0.799. The molecule has 0 saturated carbocycles. The van der Waals surface area contributed by atoms with Crippen LogP contribution in [0.4, 0.5) is 0 Å². The molecule has 3 rings (SSSR count). The monoisotopic (exact) mass is 336 g/mol. The molecule has 0 fully saturated rings. The summed E-state index contributed by atoms with van der Waals surface area (Å²) < 4.78 is 2.72. The number of fused-ring (bicyclic) bond motifs is 1. The second kappa shape index (κ2) is 5.10. The molecule has 0 aliphatic heterocycles. The van der Waals surface area contributed by atoms with Crippen LogP contribution < -0.4 is 5.32 Å². The number of hydrogen-bond acceptors (Lipinski definition) is 4. The smallest absolute Gasteiger partial charge is 0.253 e. The van der Waals surface area contributed by atoms with Crippen LogP contribution in [-0.2, 0) is 6.54 Å². The Balaban J connectivity index is 1.69. The number of halogens is 1. The van der Waals surface area contributed by atoms with Gasteiger partial charge < -0.3 is 5.32 Å². The minimum atomic E-state index is -0.162. The number of aromatic nitrogens is 3. The SMILES string of the molecule is O=C(NCc1cn2ccsc2n1)c1cncc(Br)c1. The highest BCUT2D eigenvalue weighted by Crippen LogP contribution is 2.12. The molecular formula is C12H9BrN4OS. The van der Waals surface area contributed by atoms with Gasteiger partial charge in [0.15, 0.2) is 4.96 Å². The van der Waals surface area contributed by atoms with Gasteiger partial charge in [0.05, 0.1) is 17.8 Å². The van der Waals surface area contributed by atoms with Crippen LogP contribution in [0.5, 0.6) is 0 Å². The number of nitrogens with zero attached hydrogens (tertiary/aromatic N) is 3. The van der Waals surface area contributed by atoms with Gasteiger partial charge in [-0.1, -0.05) is 0 Å². The van der Waals surface area contributed by atoms with Crippen molar-refractivity contribution < 1.29 is 4.79 Å². The van der Waals surface area contributed by atoms with Crippen molar-refractivity contribution >= 4 is 38.1 Å². The molecule has 0 radical (unpaired) electrons. The molecule has 0 aliphatic carbocycles. The lowest BCUT2D eigenvalue weighted by atomic mass is 10.2. The molecule has 0 saturated heterocycles. The first-order valence-corrected chi connectivity index (χ1v) is 7.19. The Kier molecular flexibility index (Phi) is 3.31. The topological polar surface area (TPSA) is 59.3 Å². The summed E-state index contributed by atoms with van der Waals surface area (Å²) in [6.45, 7) is 0.403. The number of carbonyl (C=O) groups is 1. The van der Waals surface area contributed by atoms with Gasteiger partial charge in [-0.15, -0.1) is 11.3 Å². The predicted octanol–water partition coefficient (Wildman–Crippen LogP) is 2.48. The maximum atomic E-state index is 11.9. The van der Waals surface area contributed by atoms with Crippen LogP contribution in [0.25, 0.3) is 4.96 Å². The molecular weight excluding hydrogens is 328 g/mol. The summed E-state index contributed by atoms with van der Waals surface area (Å²) in [7, 11) is 0. The van der Waals surface area contributed by atoms with Crippen molar-refractivity contribution in [1.82, 2.24) is 19.7 Å². The van der Waals surface area contributed by atoms with E-state index in [4.69, 9.17) is 0 Å². The van der Waals surface area contributed by atoms with Gasteiger partial charge in [0, 0.05) is 34.6 Å². The van der Waals surface area contributed by atoms with Crippen LogP contribution >= 0.6 is 27.3 Å². The highest BCUT2D eigenvalue weighted by molar-refractivity contribution is 9.10. The van der Waals surface area contributed by atoms with E-state index in [-0.39, 0.29) is 5.91 Å². The summed E-state index contributed by atoms with van der Waals surface area (Å²) in [5.74, 6) is -0.162. The lowest BCUT2D eigenvalue weighted by Crippen LogP contribution is -2.23. The van der Waals surface area contributed by atoms with Crippen LogP contribution in [-0.4, -0.2) is 20.3 Å². The minimum Gasteiger partial charge on any atom is -0.346 e. The van der Waals surface area contributed by atoms with Crippen molar-refractivity contribution in [1.29, 1.82) is 0 Å². The molecule has 3 heterocycles. The van der Waals surface area contributed by atoms with Crippen LogP contribution in [0.2, 0.25) is 0 Å². The number of pyridine rings is 1. The van der Waals surface area contributed by atoms with E-state index in [0.29, 0.717) is 12.1 Å². The van der Waals surface area contributed by atoms with Gasteiger partial charge in [-0.2, -0.15) is 0 Å². The first-order chi connectivity index (χ1) is 9.22. The number of amides is 1. The Morgan fingerprint density at radius 1 is 1.47 bits per heavy atom. The zero-order valence-corrected chi connectivity index (χ0v) is 12.1. The lowest BCUT2D eigenvalue weighted by molar-refractivity contribution is 0.0950. The Bertz CT molecular complexity index is 707. The van der Waals surface area contributed by atoms with Crippen LogP contribution in [0.15, 0.2) is 40.7 Å². The molecule has 0 aromatic carbocycles. The molecule has 1 amide bonds. The molecule has 5 nitrogen and oxygen atoms in total. The van der Waals surface area contributed by atoms with E-state index in [2.05, 4.69) is 31.2 Å². The number of nitrogens with one attached hydrogen (secondary N) is 1. The van der Waals surface area contributed by atoms with E-state index >= 15 is 0 Å². The highest BCUT2D eigenvalue weighted by atomic mass is 79.9. The Morgan fingerprint density at radius 3 is 3.16 bits per heavy atom. The largest absolute Gasteiger partial charge is 0.346 e. The van der Waals surface area contributed by atoms with E-state index in [0.717, 1.165) is 15.1 Å². The number of rotatable bonds is 3. The fourth-order valence-corrected chi connectivity index (χ4v) is 2.75. The van der Waals surface area contributed by atoms with Gasteiger partial charge in [0.25, 0.3) is 5.91 Å². The fraction of sp³-hybridized carbons (Fsp3) is 0.0833. The van der Waals surface area contributed by atoms with Gasteiger partial charge in [-0.25, -0.2) is 4.98 Å². The molecule has 0 unspecified atom stereocenters. The molecule has 0 bridgehead atoms. The molecule has 3 aromatic heterocycles. The van der Waals surface area contributed by atoms with Crippen molar-refractivity contribution in [3.8, 4) is 0 Å². The van der Waals surface area contributed by atoms with E-state index in [9.17, 15) is 4.79 Å². The summed E-state index contributed by atoms with van der Waals surface area (Å²) in [6, 6.07) is 1.73. The number of imidazole rings is 1. The van der Waals surface area contributed by atoms with Crippen molar-refractivity contribution in [2.24, 2.45) is 0 Å². The van der Waals surface area contributed by atoms with Crippen LogP contribution in [0, 0.1) is 0 Å². The van der Waals surface area contributed by atoms with E-state index in [1.165, 1.54) is 6.20 Å². The van der Waals surface area contributed by atoms with Gasteiger partial charge in [0.2, 0.25) is 0 Å². The molecule has 0 spiro atoms. The van der Waals surface area contributed by atoms with E-state index < -0.39 is 0 Å². The number of carbonyl (C=O) groups excluding carboxylic acids is 1. The third-order valence-corrected chi connectivity index (χ3v) is 3.74. The maximum absolute atomic E-state index is 11.9. The predicted molar refractivity (Wildman–Crippen MR) is 76.2 cm³/mol. The third kappa shape index (κ3) is 2.66. The molecule has 19 heavy (non-hydrogen) atoms. The van der Waals surface area contributed by atoms with Gasteiger partial charge in [0.1, 0.15) is 0 Å². The average Bonchev–Trinajstić information content (AvgIpc) is 2.96. The van der Waals surface area contributed by atoms with Crippen molar-refractivity contribution in [3.63, 3.8) is 0 Å². The second-order valence-electron chi connectivity index (χ2n) is 3.90. The summed E-state index contributed by atoms with van der Waals surface area (Å²) in [4.78, 5) is 21.2. The summed E-state index contributed by atoms with van der Waals surface area (Å²) in [5, 5.41) is 4.79. The molecule has 7 heteroatoms. The number of thiazole rings is 1. The average molecular weight is 337 g/mol. The summed E-state index contributed by atoms with van der Waals surface area (Å²) in [5.41, 5.74) is 1.36. The molecule has 96 valence electrons. The first-order valence-electron chi connectivity index (χ1n) is 5.52. The van der Waals surface area contributed by atoms with Crippen molar-refractivity contribution in [2.45, 2.75) is 6.54 Å². The Hall–Kier alpha value is -1.73. The molecule has 1 N–H and O–H groups in total. The van der Waals surface area contributed by atoms with Crippen LogP contribution in [0.3, 0.4) is 0 Å². The standard InChI is InChI=1S/C12H9BrN4OS/c13-9-3-8(4-14-5-9)11(18)15-6-10-7-17-1-2-19-12(17)16-10/h1-5,7H,6H2,(H,15,18). The van der Waals surface area contributed by atoms with E-state index in [1.54, 1.807) is 23.6 Å². The zero-order chi connectivity index (χ0) is 13.2. The molecule has 0 atom stereocenters. The Labute approximate surface area is 121 Å². The Morgan fingerprint density at radius 2 is 2.37 bits per heavy atom. The first kappa shape index (κ1) is 12.3. The van der Waals surface area contributed by atoms with E-state index in [1.807, 2.05) is 22.2 Å². The zero-order valence-electron chi connectivity index (χ0n) is 9.71. The lowest BCUT2D eigenvalue weighted by Gasteiger charge is -2.02. The normalized spacial score (nSPS) is 10.8. The maximum Gasteiger partial charge on any atom is 0.253 e. The minimum absolute atomic E-state index is 0.162. The van der Waals surface area contributed by atoms with Crippen molar-refractivity contribution in [2.75, 3.05) is 0 Å². The van der Waals surface area contributed by atoms with Gasteiger partial charge in [-0.3, -0.25) is 14.2 Å². The fourth-order valence-electron chi connectivity index (χ4n) is 1.67. The summed E-state index contributed by atoms with van der Waals surface area (Å²) in [6.07, 6.45) is 7.02. The van der Waals surface area contributed by atoms with Crippen molar-refractivity contribution in [3.05, 3.63) is 52.0 Å². The molecule has 0 aliphatic rings. The second-order valence-corrected chi connectivity index (χ2v) is 5.69. The van der Waals surface area contributed by atoms with Crippen LogP contribution in [0.1, 0.15) is 16.1 Å².